The molecule has 0 aromatic heterocycles. The third kappa shape index (κ3) is 2.67. The Labute approximate surface area is 111 Å². The molecule has 0 radical (unpaired) electrons. The second kappa shape index (κ2) is 5.02. The lowest BCUT2D eigenvalue weighted by Crippen LogP contribution is -2.25. The Morgan fingerprint density at radius 2 is 2.11 bits per heavy atom. The van der Waals surface area contributed by atoms with Crippen LogP contribution in [0.2, 0.25) is 0 Å². The van der Waals surface area contributed by atoms with Crippen molar-refractivity contribution in [3.63, 3.8) is 0 Å². The third-order valence-electron chi connectivity index (χ3n) is 2.90. The van der Waals surface area contributed by atoms with Gasteiger partial charge < -0.3 is 4.74 Å². The largest absolute Gasteiger partial charge is 0.497 e. The van der Waals surface area contributed by atoms with Crippen molar-refractivity contribution < 1.29 is 4.74 Å². The van der Waals surface area contributed by atoms with Gasteiger partial charge in [0.1, 0.15) is 5.75 Å². The van der Waals surface area contributed by atoms with Gasteiger partial charge in [-0.15, -0.1) is 0 Å². The van der Waals surface area contributed by atoms with Crippen LogP contribution in [0.5, 0.6) is 5.75 Å². The zero-order valence-electron chi connectivity index (χ0n) is 10.2. The number of hydrogen-bond acceptors (Lipinski definition) is 4. The van der Waals surface area contributed by atoms with Crippen LogP contribution in [0.15, 0.2) is 34.4 Å². The van der Waals surface area contributed by atoms with Crippen LogP contribution in [0.3, 0.4) is 0 Å². The number of nitrogens with one attached hydrogen (secondary N) is 1. The van der Waals surface area contributed by atoms with Gasteiger partial charge in [0.05, 0.1) is 18.9 Å². The molecular weight excluding hydrogens is 246 g/mol. The quantitative estimate of drug-likeness (QED) is 0.907. The molecule has 0 unspecified atom stereocenters. The van der Waals surface area contributed by atoms with Crippen LogP contribution in [0.1, 0.15) is 18.4 Å². The standard InChI is InChI=1S/C13H15N3OS/c1-17-11-6-2-9(3-7-11)12-8-18-13(16-15-12)14-10-4-5-10/h2-3,6-7,10H,4-5,8H2,1H3,(H,14,16). The predicted octanol–water partition coefficient (Wildman–Crippen LogP) is 2.25. The summed E-state index contributed by atoms with van der Waals surface area (Å²) in [5.41, 5.74) is 5.22. The fraction of sp³-hybridized carbons (Fsp3) is 0.385. The molecule has 0 saturated heterocycles. The molecule has 1 aromatic carbocycles. The number of rotatable bonds is 3. The minimum absolute atomic E-state index is 0.540. The van der Waals surface area contributed by atoms with Gasteiger partial charge in [0.2, 0.25) is 0 Å². The van der Waals surface area contributed by atoms with Crippen molar-refractivity contribution in [1.82, 2.24) is 5.43 Å². The van der Waals surface area contributed by atoms with Gasteiger partial charge in [0, 0.05) is 5.75 Å². The molecule has 1 fully saturated rings. The van der Waals surface area contributed by atoms with E-state index in [1.54, 1.807) is 18.9 Å². The molecular formula is C13H15N3OS. The van der Waals surface area contributed by atoms with Gasteiger partial charge in [-0.25, -0.2) is 0 Å². The normalized spacial score (nSPS) is 21.4. The van der Waals surface area contributed by atoms with Crippen molar-refractivity contribution >= 4 is 22.6 Å². The lowest BCUT2D eigenvalue weighted by molar-refractivity contribution is 0.415. The highest BCUT2D eigenvalue weighted by atomic mass is 32.2. The molecule has 18 heavy (non-hydrogen) atoms. The van der Waals surface area contributed by atoms with Crippen LogP contribution in [-0.2, 0) is 0 Å². The van der Waals surface area contributed by atoms with E-state index >= 15 is 0 Å². The number of amidine groups is 1. The number of hydrazone groups is 1. The number of methoxy groups -OCH3 is 1. The van der Waals surface area contributed by atoms with Crippen LogP contribution >= 0.6 is 11.8 Å². The highest BCUT2D eigenvalue weighted by Gasteiger charge is 2.22. The molecule has 0 bridgehead atoms. The maximum Gasteiger partial charge on any atom is 0.177 e. The fourth-order valence-electron chi connectivity index (χ4n) is 1.68. The maximum atomic E-state index is 5.14. The summed E-state index contributed by atoms with van der Waals surface area (Å²) in [6.07, 6.45) is 2.45. The zero-order chi connectivity index (χ0) is 12.4. The predicted molar refractivity (Wildman–Crippen MR) is 75.6 cm³/mol. The van der Waals surface area contributed by atoms with Gasteiger partial charge in [-0.3, -0.25) is 10.4 Å². The van der Waals surface area contributed by atoms with Crippen molar-refractivity contribution in [2.45, 2.75) is 18.9 Å². The molecule has 94 valence electrons. The lowest BCUT2D eigenvalue weighted by Gasteiger charge is -2.15. The van der Waals surface area contributed by atoms with Crippen LogP contribution in [0.25, 0.3) is 0 Å². The third-order valence-corrected chi connectivity index (χ3v) is 3.79. The van der Waals surface area contributed by atoms with Gasteiger partial charge in [0.25, 0.3) is 0 Å². The summed E-state index contributed by atoms with van der Waals surface area (Å²) in [6, 6.07) is 8.51. The summed E-state index contributed by atoms with van der Waals surface area (Å²) in [5, 5.41) is 5.35. The smallest absolute Gasteiger partial charge is 0.177 e. The van der Waals surface area contributed by atoms with E-state index in [2.05, 4.69) is 15.5 Å². The van der Waals surface area contributed by atoms with Crippen LogP contribution < -0.4 is 10.2 Å². The SMILES string of the molecule is COc1ccc(C2=NNC(=NC3CC3)SC2)cc1. The van der Waals surface area contributed by atoms with E-state index in [9.17, 15) is 0 Å². The van der Waals surface area contributed by atoms with E-state index in [-0.39, 0.29) is 0 Å². The molecule has 0 spiro atoms. The summed E-state index contributed by atoms with van der Waals surface area (Å²) in [4.78, 5) is 4.54. The van der Waals surface area contributed by atoms with E-state index in [0.29, 0.717) is 6.04 Å². The zero-order valence-corrected chi connectivity index (χ0v) is 11.0. The highest BCUT2D eigenvalue weighted by molar-refractivity contribution is 8.14. The van der Waals surface area contributed by atoms with Gasteiger partial charge in [-0.1, -0.05) is 11.8 Å². The molecule has 1 saturated carbocycles. The van der Waals surface area contributed by atoms with Gasteiger partial charge in [-0.2, -0.15) is 5.10 Å². The Balaban J connectivity index is 1.71. The second-order valence-electron chi connectivity index (χ2n) is 4.35. The maximum absolute atomic E-state index is 5.14. The number of hydrogen-bond donors (Lipinski definition) is 1. The van der Waals surface area contributed by atoms with Crippen molar-refractivity contribution in [2.24, 2.45) is 10.1 Å². The Morgan fingerprint density at radius 3 is 2.67 bits per heavy atom. The molecule has 3 rings (SSSR count). The molecule has 0 atom stereocenters. The average Bonchev–Trinajstić information content (AvgIpc) is 3.24. The van der Waals surface area contributed by atoms with E-state index in [4.69, 9.17) is 4.74 Å². The van der Waals surface area contributed by atoms with Gasteiger partial charge in [0.15, 0.2) is 5.17 Å². The Hall–Kier alpha value is -1.49. The molecule has 1 aliphatic carbocycles. The minimum Gasteiger partial charge on any atom is -0.497 e. The molecule has 5 heteroatoms. The number of nitrogens with zero attached hydrogens (tertiary/aromatic N) is 2. The van der Waals surface area contributed by atoms with Crippen LogP contribution in [-0.4, -0.2) is 29.8 Å². The molecule has 2 aliphatic rings. The first-order valence-electron chi connectivity index (χ1n) is 6.03. The van der Waals surface area contributed by atoms with Gasteiger partial charge >= 0.3 is 0 Å². The van der Waals surface area contributed by atoms with Crippen molar-refractivity contribution in [3.8, 4) is 5.75 Å². The first-order valence-corrected chi connectivity index (χ1v) is 7.01. The first kappa shape index (κ1) is 11.6. The average molecular weight is 261 g/mol. The van der Waals surface area contributed by atoms with E-state index in [1.165, 1.54) is 12.8 Å². The Morgan fingerprint density at radius 1 is 1.33 bits per heavy atom. The number of benzene rings is 1. The number of ether oxygens (including phenoxy) is 1. The lowest BCUT2D eigenvalue weighted by atomic mass is 10.1. The fourth-order valence-corrected chi connectivity index (χ4v) is 2.52. The monoisotopic (exact) mass is 261 g/mol. The number of aliphatic imine (C=N–C) groups is 1. The molecule has 0 amide bonds. The van der Waals surface area contributed by atoms with Crippen LogP contribution in [0.4, 0.5) is 0 Å². The van der Waals surface area contributed by atoms with Crippen molar-refractivity contribution in [1.29, 1.82) is 0 Å². The molecule has 1 N–H and O–H groups in total. The van der Waals surface area contributed by atoms with E-state index in [0.717, 1.165) is 27.9 Å². The summed E-state index contributed by atoms with van der Waals surface area (Å²) in [7, 11) is 1.67. The minimum atomic E-state index is 0.540. The first-order chi connectivity index (χ1) is 8.85. The molecule has 4 nitrogen and oxygen atoms in total. The van der Waals surface area contributed by atoms with E-state index in [1.807, 2.05) is 24.3 Å². The summed E-state index contributed by atoms with van der Waals surface area (Å²) in [5.74, 6) is 1.73. The topological polar surface area (TPSA) is 46.0 Å². The second-order valence-corrected chi connectivity index (χ2v) is 5.32. The summed E-state index contributed by atoms with van der Waals surface area (Å²) >= 11 is 1.72. The molecule has 1 aromatic rings. The van der Waals surface area contributed by atoms with Gasteiger partial charge in [-0.05, 0) is 42.7 Å². The molecule has 1 aliphatic heterocycles. The van der Waals surface area contributed by atoms with Crippen molar-refractivity contribution in [3.05, 3.63) is 29.8 Å². The highest BCUT2D eigenvalue weighted by Crippen LogP contribution is 2.25. The molecule has 1 heterocycles. The Bertz CT molecular complexity index is 491. The number of thioether (sulfide) groups is 1. The van der Waals surface area contributed by atoms with Crippen molar-refractivity contribution in [2.75, 3.05) is 12.9 Å². The van der Waals surface area contributed by atoms with E-state index < -0.39 is 0 Å². The Kier molecular flexibility index (Phi) is 3.23. The summed E-state index contributed by atoms with van der Waals surface area (Å²) in [6.45, 7) is 0. The summed E-state index contributed by atoms with van der Waals surface area (Å²) < 4.78 is 5.14. The van der Waals surface area contributed by atoms with Crippen LogP contribution in [0, 0.1) is 0 Å².